The standard InChI is InChI=1S/C18H28FN/c1-13-6-9-16(19)10-14(13)11-18(5,15-7-8-15)12-20-17(2,3)4/h6,9-10,15,20H,7-8,11-12H2,1-5H3. The normalized spacial score (nSPS) is 18.9. The fourth-order valence-electron chi connectivity index (χ4n) is 2.86. The second kappa shape index (κ2) is 5.48. The van der Waals surface area contributed by atoms with Gasteiger partial charge in [0.2, 0.25) is 0 Å². The van der Waals surface area contributed by atoms with Gasteiger partial charge in [-0.05, 0) is 81.5 Å². The molecule has 1 aromatic carbocycles. The molecule has 0 heterocycles. The van der Waals surface area contributed by atoms with Crippen molar-refractivity contribution in [2.24, 2.45) is 11.3 Å². The van der Waals surface area contributed by atoms with E-state index in [2.05, 4.69) is 39.9 Å². The van der Waals surface area contributed by atoms with Crippen molar-refractivity contribution in [3.63, 3.8) is 0 Å². The van der Waals surface area contributed by atoms with Gasteiger partial charge in [-0.1, -0.05) is 13.0 Å². The summed E-state index contributed by atoms with van der Waals surface area (Å²) in [6.45, 7) is 12.0. The summed E-state index contributed by atoms with van der Waals surface area (Å²) in [6.07, 6.45) is 3.59. The van der Waals surface area contributed by atoms with Gasteiger partial charge in [-0.2, -0.15) is 0 Å². The smallest absolute Gasteiger partial charge is 0.123 e. The average Bonchev–Trinajstić information content (AvgIpc) is 3.15. The van der Waals surface area contributed by atoms with Crippen molar-refractivity contribution in [2.75, 3.05) is 6.54 Å². The van der Waals surface area contributed by atoms with E-state index in [9.17, 15) is 4.39 Å². The summed E-state index contributed by atoms with van der Waals surface area (Å²) < 4.78 is 13.5. The number of aryl methyl sites for hydroxylation is 1. The van der Waals surface area contributed by atoms with Crippen LogP contribution in [0.1, 0.15) is 51.7 Å². The highest BCUT2D eigenvalue weighted by Gasteiger charge is 2.41. The van der Waals surface area contributed by atoms with Crippen molar-refractivity contribution in [1.82, 2.24) is 5.32 Å². The van der Waals surface area contributed by atoms with Gasteiger partial charge in [-0.3, -0.25) is 0 Å². The molecule has 0 aliphatic heterocycles. The van der Waals surface area contributed by atoms with Crippen LogP contribution in [0.3, 0.4) is 0 Å². The molecular formula is C18H28FN. The van der Waals surface area contributed by atoms with Gasteiger partial charge in [0.1, 0.15) is 5.82 Å². The van der Waals surface area contributed by atoms with Gasteiger partial charge in [-0.15, -0.1) is 0 Å². The number of rotatable bonds is 5. The molecule has 0 aromatic heterocycles. The van der Waals surface area contributed by atoms with Gasteiger partial charge in [0.25, 0.3) is 0 Å². The Morgan fingerprint density at radius 3 is 2.40 bits per heavy atom. The predicted octanol–water partition coefficient (Wildman–Crippen LogP) is 4.48. The maximum absolute atomic E-state index is 13.5. The fraction of sp³-hybridized carbons (Fsp3) is 0.667. The molecule has 0 radical (unpaired) electrons. The Hall–Kier alpha value is -0.890. The van der Waals surface area contributed by atoms with Crippen LogP contribution in [0.4, 0.5) is 4.39 Å². The van der Waals surface area contributed by atoms with E-state index in [-0.39, 0.29) is 16.8 Å². The Labute approximate surface area is 123 Å². The lowest BCUT2D eigenvalue weighted by Gasteiger charge is -2.34. The molecule has 0 saturated heterocycles. The third-order valence-corrected chi connectivity index (χ3v) is 4.49. The Morgan fingerprint density at radius 2 is 1.85 bits per heavy atom. The second-order valence-corrected chi connectivity index (χ2v) is 7.78. The lowest BCUT2D eigenvalue weighted by molar-refractivity contribution is 0.227. The van der Waals surface area contributed by atoms with Gasteiger partial charge < -0.3 is 5.32 Å². The molecule has 1 aliphatic rings. The molecule has 20 heavy (non-hydrogen) atoms. The van der Waals surface area contributed by atoms with E-state index in [1.54, 1.807) is 12.1 Å². The van der Waals surface area contributed by atoms with Crippen LogP contribution in [0.15, 0.2) is 18.2 Å². The van der Waals surface area contributed by atoms with E-state index in [4.69, 9.17) is 0 Å². The Balaban J connectivity index is 2.14. The molecule has 112 valence electrons. The van der Waals surface area contributed by atoms with E-state index >= 15 is 0 Å². The number of nitrogens with one attached hydrogen (secondary N) is 1. The predicted molar refractivity (Wildman–Crippen MR) is 83.4 cm³/mol. The number of halogens is 1. The first-order valence-electron chi connectivity index (χ1n) is 7.70. The zero-order valence-corrected chi connectivity index (χ0v) is 13.5. The highest BCUT2D eigenvalue weighted by molar-refractivity contribution is 5.28. The molecule has 1 fully saturated rings. The summed E-state index contributed by atoms with van der Waals surface area (Å²) in [7, 11) is 0. The van der Waals surface area contributed by atoms with Crippen molar-refractivity contribution in [3.8, 4) is 0 Å². The average molecular weight is 277 g/mol. The maximum atomic E-state index is 13.5. The van der Waals surface area contributed by atoms with Crippen LogP contribution in [0.25, 0.3) is 0 Å². The zero-order chi connectivity index (χ0) is 15.0. The fourth-order valence-corrected chi connectivity index (χ4v) is 2.86. The molecule has 1 aliphatic carbocycles. The van der Waals surface area contributed by atoms with Crippen LogP contribution < -0.4 is 5.32 Å². The lowest BCUT2D eigenvalue weighted by Crippen LogP contribution is -2.44. The molecule has 0 amide bonds. The molecule has 1 unspecified atom stereocenters. The van der Waals surface area contributed by atoms with Gasteiger partial charge >= 0.3 is 0 Å². The third-order valence-electron chi connectivity index (χ3n) is 4.49. The molecule has 2 rings (SSSR count). The molecule has 1 saturated carbocycles. The van der Waals surface area contributed by atoms with Crippen molar-refractivity contribution >= 4 is 0 Å². The van der Waals surface area contributed by atoms with Crippen molar-refractivity contribution in [3.05, 3.63) is 35.1 Å². The molecular weight excluding hydrogens is 249 g/mol. The largest absolute Gasteiger partial charge is 0.312 e. The summed E-state index contributed by atoms with van der Waals surface area (Å²) in [5, 5.41) is 3.64. The Bertz CT molecular complexity index is 471. The molecule has 0 bridgehead atoms. The van der Waals surface area contributed by atoms with Gasteiger partial charge in [0.15, 0.2) is 0 Å². The molecule has 2 heteroatoms. The van der Waals surface area contributed by atoms with Gasteiger partial charge in [-0.25, -0.2) is 4.39 Å². The van der Waals surface area contributed by atoms with Gasteiger partial charge in [0.05, 0.1) is 0 Å². The van der Waals surface area contributed by atoms with Crippen molar-refractivity contribution in [1.29, 1.82) is 0 Å². The zero-order valence-electron chi connectivity index (χ0n) is 13.5. The lowest BCUT2D eigenvalue weighted by atomic mass is 9.77. The van der Waals surface area contributed by atoms with Crippen LogP contribution in [-0.4, -0.2) is 12.1 Å². The summed E-state index contributed by atoms with van der Waals surface area (Å²) in [5.41, 5.74) is 2.73. The first-order valence-corrected chi connectivity index (χ1v) is 7.70. The molecule has 1 atom stereocenters. The van der Waals surface area contributed by atoms with Crippen LogP contribution in [0.5, 0.6) is 0 Å². The third kappa shape index (κ3) is 4.05. The van der Waals surface area contributed by atoms with E-state index in [1.165, 1.54) is 18.4 Å². The van der Waals surface area contributed by atoms with E-state index in [1.807, 2.05) is 6.07 Å². The van der Waals surface area contributed by atoms with E-state index < -0.39 is 0 Å². The van der Waals surface area contributed by atoms with Crippen LogP contribution in [-0.2, 0) is 6.42 Å². The monoisotopic (exact) mass is 277 g/mol. The van der Waals surface area contributed by atoms with Crippen molar-refractivity contribution in [2.45, 2.75) is 59.4 Å². The number of benzene rings is 1. The first-order chi connectivity index (χ1) is 9.20. The quantitative estimate of drug-likeness (QED) is 0.836. The first kappa shape index (κ1) is 15.5. The second-order valence-electron chi connectivity index (χ2n) is 7.78. The van der Waals surface area contributed by atoms with Crippen LogP contribution in [0.2, 0.25) is 0 Å². The molecule has 0 spiro atoms. The highest BCUT2D eigenvalue weighted by atomic mass is 19.1. The van der Waals surface area contributed by atoms with Gasteiger partial charge in [0, 0.05) is 12.1 Å². The number of hydrogen-bond acceptors (Lipinski definition) is 1. The maximum Gasteiger partial charge on any atom is 0.123 e. The molecule has 1 N–H and O–H groups in total. The SMILES string of the molecule is Cc1ccc(F)cc1CC(C)(CNC(C)(C)C)C1CC1. The summed E-state index contributed by atoms with van der Waals surface area (Å²) in [5.74, 6) is 0.660. The van der Waals surface area contributed by atoms with E-state index in [0.717, 1.165) is 24.4 Å². The summed E-state index contributed by atoms with van der Waals surface area (Å²) in [6, 6.07) is 5.17. The van der Waals surface area contributed by atoms with E-state index in [0.29, 0.717) is 0 Å². The number of hydrogen-bond donors (Lipinski definition) is 1. The van der Waals surface area contributed by atoms with Crippen molar-refractivity contribution < 1.29 is 4.39 Å². The Kier molecular flexibility index (Phi) is 4.24. The summed E-state index contributed by atoms with van der Waals surface area (Å²) >= 11 is 0. The van der Waals surface area contributed by atoms with Crippen LogP contribution >= 0.6 is 0 Å². The molecule has 1 nitrogen and oxygen atoms in total. The minimum absolute atomic E-state index is 0.118. The molecule has 1 aromatic rings. The topological polar surface area (TPSA) is 12.0 Å². The summed E-state index contributed by atoms with van der Waals surface area (Å²) in [4.78, 5) is 0. The van der Waals surface area contributed by atoms with Crippen LogP contribution in [0, 0.1) is 24.1 Å². The minimum Gasteiger partial charge on any atom is -0.312 e. The minimum atomic E-state index is -0.118. The highest BCUT2D eigenvalue weighted by Crippen LogP contribution is 2.47. The Morgan fingerprint density at radius 1 is 1.20 bits per heavy atom.